The van der Waals surface area contributed by atoms with Crippen LogP contribution in [0.3, 0.4) is 0 Å². The van der Waals surface area contributed by atoms with Crippen molar-refractivity contribution >= 4 is 5.78 Å². The topological polar surface area (TPSA) is 35.5 Å². The largest absolute Gasteiger partial charge is 0.348 e. The maximum atomic E-state index is 12.6. The van der Waals surface area contributed by atoms with Crippen molar-refractivity contribution in [3.63, 3.8) is 0 Å². The molecule has 0 aromatic carbocycles. The quantitative estimate of drug-likeness (QED) is 0.690. The molecule has 2 saturated carbocycles. The van der Waals surface area contributed by atoms with Crippen LogP contribution < -0.4 is 0 Å². The van der Waals surface area contributed by atoms with Crippen molar-refractivity contribution < 1.29 is 14.3 Å². The van der Waals surface area contributed by atoms with Crippen LogP contribution in [0.1, 0.15) is 47.0 Å². The van der Waals surface area contributed by atoms with Crippen molar-refractivity contribution in [1.29, 1.82) is 0 Å². The van der Waals surface area contributed by atoms with E-state index in [1.165, 1.54) is 5.57 Å². The van der Waals surface area contributed by atoms with E-state index in [0.29, 0.717) is 37.3 Å². The fourth-order valence-electron chi connectivity index (χ4n) is 4.68. The molecule has 1 aliphatic heterocycles. The smallest absolute Gasteiger partial charge is 0.169 e. The summed E-state index contributed by atoms with van der Waals surface area (Å²) in [6, 6.07) is 0. The third-order valence-electron chi connectivity index (χ3n) is 5.90. The van der Waals surface area contributed by atoms with E-state index in [1.54, 1.807) is 0 Å². The second-order valence-corrected chi connectivity index (χ2v) is 7.36. The molecule has 2 unspecified atom stereocenters. The molecule has 3 aliphatic rings. The SMILES string of the molecule is CC(C)=CC1CC(=O)C2CC3(C[C@@H](C)[C@]12C)OCCO3. The Morgan fingerprint density at radius 2 is 1.90 bits per heavy atom. The summed E-state index contributed by atoms with van der Waals surface area (Å²) in [7, 11) is 0. The van der Waals surface area contributed by atoms with Gasteiger partial charge in [-0.2, -0.15) is 0 Å². The number of allylic oxidation sites excluding steroid dienone is 2. The average Bonchev–Trinajstić information content (AvgIpc) is 2.89. The number of Topliss-reactive ketones (excluding diaryl/α,β-unsaturated/α-hetero) is 1. The molecule has 3 fully saturated rings. The molecule has 3 heteroatoms. The van der Waals surface area contributed by atoms with Gasteiger partial charge in [0.1, 0.15) is 5.78 Å². The average molecular weight is 278 g/mol. The van der Waals surface area contributed by atoms with Crippen molar-refractivity contribution in [1.82, 2.24) is 0 Å². The molecule has 1 saturated heterocycles. The Balaban J connectivity index is 1.93. The van der Waals surface area contributed by atoms with Gasteiger partial charge in [0, 0.05) is 25.2 Å². The molecule has 0 N–H and O–H groups in total. The predicted octanol–water partition coefficient (Wildman–Crippen LogP) is 3.34. The van der Waals surface area contributed by atoms with E-state index in [0.717, 1.165) is 12.8 Å². The summed E-state index contributed by atoms with van der Waals surface area (Å²) in [5.41, 5.74) is 1.38. The molecule has 3 nitrogen and oxygen atoms in total. The summed E-state index contributed by atoms with van der Waals surface area (Å²) in [5.74, 6) is 0.828. The molecule has 1 heterocycles. The lowest BCUT2D eigenvalue weighted by Crippen LogP contribution is -2.50. The normalized spacial score (nSPS) is 42.8. The van der Waals surface area contributed by atoms with E-state index in [9.17, 15) is 4.79 Å². The van der Waals surface area contributed by atoms with Crippen LogP contribution in [0.25, 0.3) is 0 Å². The van der Waals surface area contributed by atoms with Crippen molar-refractivity contribution in [3.8, 4) is 0 Å². The van der Waals surface area contributed by atoms with E-state index in [1.807, 2.05) is 0 Å². The molecular weight excluding hydrogens is 252 g/mol. The van der Waals surface area contributed by atoms with Gasteiger partial charge in [-0.1, -0.05) is 25.5 Å². The number of fused-ring (bicyclic) bond motifs is 1. The summed E-state index contributed by atoms with van der Waals surface area (Å²) < 4.78 is 11.8. The maximum absolute atomic E-state index is 12.6. The molecule has 112 valence electrons. The van der Waals surface area contributed by atoms with Gasteiger partial charge in [-0.25, -0.2) is 0 Å². The Bertz CT molecular complexity index is 443. The number of rotatable bonds is 1. The van der Waals surface area contributed by atoms with Crippen molar-refractivity contribution in [2.24, 2.45) is 23.2 Å². The predicted molar refractivity (Wildman–Crippen MR) is 77.2 cm³/mol. The lowest BCUT2D eigenvalue weighted by atomic mass is 9.58. The van der Waals surface area contributed by atoms with Gasteiger partial charge >= 0.3 is 0 Å². The highest BCUT2D eigenvalue weighted by Crippen LogP contribution is 2.60. The summed E-state index contributed by atoms with van der Waals surface area (Å²) in [4.78, 5) is 12.6. The first-order valence-electron chi connectivity index (χ1n) is 7.83. The number of hydrogen-bond donors (Lipinski definition) is 0. The maximum Gasteiger partial charge on any atom is 0.169 e. The standard InChI is InChI=1S/C17H26O3/c1-11(2)7-13-8-15(18)14-10-17(19-5-6-20-17)9-12(3)16(13,14)4/h7,12-14H,5-6,8-10H2,1-4H3/t12-,13?,14?,16-/m1/s1. The Labute approximate surface area is 121 Å². The lowest BCUT2D eigenvalue weighted by molar-refractivity contribution is -0.218. The van der Waals surface area contributed by atoms with Crippen LogP contribution in [0, 0.1) is 23.2 Å². The molecule has 0 bridgehead atoms. The Morgan fingerprint density at radius 3 is 2.50 bits per heavy atom. The molecule has 0 aromatic heterocycles. The van der Waals surface area contributed by atoms with Crippen LogP contribution in [0.15, 0.2) is 11.6 Å². The Morgan fingerprint density at radius 1 is 1.25 bits per heavy atom. The third-order valence-corrected chi connectivity index (χ3v) is 5.90. The van der Waals surface area contributed by atoms with Crippen LogP contribution in [-0.2, 0) is 14.3 Å². The molecule has 20 heavy (non-hydrogen) atoms. The van der Waals surface area contributed by atoms with Gasteiger partial charge in [-0.15, -0.1) is 0 Å². The van der Waals surface area contributed by atoms with Gasteiger partial charge in [0.05, 0.1) is 13.2 Å². The van der Waals surface area contributed by atoms with E-state index in [-0.39, 0.29) is 11.3 Å². The molecule has 1 spiro atoms. The van der Waals surface area contributed by atoms with Crippen LogP contribution in [0.4, 0.5) is 0 Å². The second-order valence-electron chi connectivity index (χ2n) is 7.36. The summed E-state index contributed by atoms with van der Waals surface area (Å²) in [5, 5.41) is 0. The van der Waals surface area contributed by atoms with Crippen molar-refractivity contribution in [2.75, 3.05) is 13.2 Å². The number of hydrogen-bond acceptors (Lipinski definition) is 3. The zero-order chi connectivity index (χ0) is 14.5. The number of carbonyl (C=O) groups excluding carboxylic acids is 1. The third kappa shape index (κ3) is 1.98. The Hall–Kier alpha value is -0.670. The number of ketones is 1. The molecule has 0 radical (unpaired) electrons. The van der Waals surface area contributed by atoms with Gasteiger partial charge in [0.2, 0.25) is 0 Å². The van der Waals surface area contributed by atoms with E-state index in [2.05, 4.69) is 33.8 Å². The van der Waals surface area contributed by atoms with E-state index in [4.69, 9.17) is 9.47 Å². The van der Waals surface area contributed by atoms with E-state index < -0.39 is 5.79 Å². The van der Waals surface area contributed by atoms with Crippen LogP contribution >= 0.6 is 0 Å². The summed E-state index contributed by atoms with van der Waals surface area (Å²) in [6.45, 7) is 10.2. The van der Waals surface area contributed by atoms with Crippen LogP contribution in [-0.4, -0.2) is 24.8 Å². The minimum Gasteiger partial charge on any atom is -0.348 e. The molecule has 3 rings (SSSR count). The molecular formula is C17H26O3. The number of carbonyl (C=O) groups is 1. The first-order chi connectivity index (χ1) is 9.37. The van der Waals surface area contributed by atoms with E-state index >= 15 is 0 Å². The molecule has 4 atom stereocenters. The van der Waals surface area contributed by atoms with Crippen molar-refractivity contribution in [3.05, 3.63) is 11.6 Å². The summed E-state index contributed by atoms with van der Waals surface area (Å²) in [6.07, 6.45) is 4.66. The fraction of sp³-hybridized carbons (Fsp3) is 0.824. The first-order valence-corrected chi connectivity index (χ1v) is 7.83. The van der Waals surface area contributed by atoms with Gasteiger partial charge in [-0.3, -0.25) is 4.79 Å². The highest BCUT2D eigenvalue weighted by Gasteiger charge is 2.61. The highest BCUT2D eigenvalue weighted by atomic mass is 16.7. The van der Waals surface area contributed by atoms with Crippen LogP contribution in [0.2, 0.25) is 0 Å². The number of ether oxygens (including phenoxy) is 2. The molecule has 0 amide bonds. The van der Waals surface area contributed by atoms with Gasteiger partial charge in [-0.05, 0) is 31.1 Å². The van der Waals surface area contributed by atoms with Gasteiger partial charge in [0.25, 0.3) is 0 Å². The second kappa shape index (κ2) is 4.67. The lowest BCUT2D eigenvalue weighted by Gasteiger charge is -2.50. The highest BCUT2D eigenvalue weighted by molar-refractivity contribution is 5.85. The Kier molecular flexibility index (Phi) is 3.33. The van der Waals surface area contributed by atoms with Gasteiger partial charge in [0.15, 0.2) is 5.79 Å². The minimum absolute atomic E-state index is 0.0644. The fourth-order valence-corrected chi connectivity index (χ4v) is 4.68. The first kappa shape index (κ1) is 14.3. The molecule has 2 aliphatic carbocycles. The summed E-state index contributed by atoms with van der Waals surface area (Å²) >= 11 is 0. The zero-order valence-corrected chi connectivity index (χ0v) is 13.1. The zero-order valence-electron chi connectivity index (χ0n) is 13.1. The minimum atomic E-state index is -0.473. The molecule has 0 aromatic rings. The van der Waals surface area contributed by atoms with Crippen molar-refractivity contribution in [2.45, 2.75) is 52.7 Å². The monoisotopic (exact) mass is 278 g/mol. The van der Waals surface area contributed by atoms with Gasteiger partial charge < -0.3 is 9.47 Å². The van der Waals surface area contributed by atoms with Crippen LogP contribution in [0.5, 0.6) is 0 Å².